The molecule has 0 saturated heterocycles. The van der Waals surface area contributed by atoms with Crippen molar-refractivity contribution >= 4 is 21.8 Å². The van der Waals surface area contributed by atoms with Crippen LogP contribution >= 0.6 is 0 Å². The van der Waals surface area contributed by atoms with E-state index in [-0.39, 0.29) is 29.1 Å². The number of hydrogen-bond acceptors (Lipinski definition) is 6. The summed E-state index contributed by atoms with van der Waals surface area (Å²) < 4.78 is 38.5. The maximum atomic E-state index is 13.1. The summed E-state index contributed by atoms with van der Waals surface area (Å²) in [6, 6.07) is 11.4. The van der Waals surface area contributed by atoms with Gasteiger partial charge in [0.05, 0.1) is 4.90 Å². The summed E-state index contributed by atoms with van der Waals surface area (Å²) in [5.41, 5.74) is 1.29. The molecule has 2 heterocycles. The van der Waals surface area contributed by atoms with E-state index in [0.29, 0.717) is 36.7 Å². The molecule has 2 aromatic rings. The fourth-order valence-corrected chi connectivity index (χ4v) is 4.84. The molecule has 0 unspecified atom stereocenters. The van der Waals surface area contributed by atoms with Crippen LogP contribution in [0.15, 0.2) is 52.4 Å². The second-order valence-electron chi connectivity index (χ2n) is 7.57. The monoisotopic (exact) mass is 443 g/mol. The molecule has 31 heavy (non-hydrogen) atoms. The largest absolute Gasteiger partial charge is 0.486 e. The maximum absolute atomic E-state index is 13.1. The molecule has 0 aliphatic carbocycles. The highest BCUT2D eigenvalue weighted by molar-refractivity contribution is 7.90. The topological polar surface area (TPSA) is 106 Å². The molecule has 0 saturated carbocycles. The smallest absolute Gasteiger partial charge is 0.263 e. The Morgan fingerprint density at radius 1 is 1.16 bits per heavy atom. The van der Waals surface area contributed by atoms with E-state index in [2.05, 4.69) is 15.0 Å². The molecule has 2 aliphatic heterocycles. The number of benzene rings is 2. The van der Waals surface area contributed by atoms with Gasteiger partial charge in [-0.25, -0.2) is 8.42 Å². The van der Waals surface area contributed by atoms with Gasteiger partial charge in [0.25, 0.3) is 10.0 Å². The van der Waals surface area contributed by atoms with Crippen molar-refractivity contribution < 1.29 is 22.7 Å². The summed E-state index contributed by atoms with van der Waals surface area (Å²) in [6.45, 7) is 5.10. The minimum Gasteiger partial charge on any atom is -0.486 e. The number of sulfonamides is 1. The molecular weight excluding hydrogens is 418 g/mol. The van der Waals surface area contributed by atoms with E-state index in [1.807, 2.05) is 32.0 Å². The lowest BCUT2D eigenvalue weighted by Gasteiger charge is -2.22. The van der Waals surface area contributed by atoms with Crippen LogP contribution in [0, 0.1) is 5.92 Å². The van der Waals surface area contributed by atoms with Gasteiger partial charge < -0.3 is 14.8 Å². The van der Waals surface area contributed by atoms with Crippen molar-refractivity contribution in [1.82, 2.24) is 10.0 Å². The van der Waals surface area contributed by atoms with Crippen LogP contribution in [0.2, 0.25) is 0 Å². The molecular formula is C22H25N3O5S. The second-order valence-corrected chi connectivity index (χ2v) is 9.22. The van der Waals surface area contributed by atoms with Crippen molar-refractivity contribution in [2.24, 2.45) is 10.9 Å². The van der Waals surface area contributed by atoms with Gasteiger partial charge in [-0.05, 0) is 24.1 Å². The average Bonchev–Trinajstić information content (AvgIpc) is 3.05. The number of amidine groups is 1. The van der Waals surface area contributed by atoms with Crippen molar-refractivity contribution in [3.05, 3.63) is 53.6 Å². The molecule has 1 amide bonds. The van der Waals surface area contributed by atoms with Crippen LogP contribution in [0.4, 0.5) is 0 Å². The highest BCUT2D eigenvalue weighted by Crippen LogP contribution is 2.33. The first-order chi connectivity index (χ1) is 14.9. The first kappa shape index (κ1) is 21.2. The first-order valence-corrected chi connectivity index (χ1v) is 11.7. The Morgan fingerprint density at radius 3 is 2.74 bits per heavy atom. The lowest BCUT2D eigenvalue weighted by atomic mass is 9.98. The summed E-state index contributed by atoms with van der Waals surface area (Å²) >= 11 is 0. The minimum atomic E-state index is -3.67. The number of ether oxygens (including phenoxy) is 2. The molecule has 164 valence electrons. The Labute approximate surface area is 181 Å². The van der Waals surface area contributed by atoms with Crippen LogP contribution in [0.3, 0.4) is 0 Å². The zero-order chi connectivity index (χ0) is 22.0. The molecule has 9 heteroatoms. The SMILES string of the molecule is CC[C@H](C)[C@H](N=C1NS(=O)(=O)c2ccccc21)C(=O)NCc1cccc2c1OCCO2. The van der Waals surface area contributed by atoms with E-state index in [1.165, 1.54) is 6.07 Å². The van der Waals surface area contributed by atoms with E-state index < -0.39 is 16.1 Å². The average molecular weight is 444 g/mol. The van der Waals surface area contributed by atoms with Crippen LogP contribution in [-0.4, -0.2) is 39.4 Å². The summed E-state index contributed by atoms with van der Waals surface area (Å²) in [5, 5.41) is 2.92. The number of nitrogens with one attached hydrogen (secondary N) is 2. The molecule has 0 fully saturated rings. The Balaban J connectivity index is 1.57. The third kappa shape index (κ3) is 4.23. The van der Waals surface area contributed by atoms with Crippen molar-refractivity contribution in [1.29, 1.82) is 0 Å². The molecule has 4 rings (SSSR count). The third-order valence-corrected chi connectivity index (χ3v) is 6.88. The van der Waals surface area contributed by atoms with Crippen LogP contribution in [-0.2, 0) is 21.4 Å². The van der Waals surface area contributed by atoms with Gasteiger partial charge in [-0.2, -0.15) is 0 Å². The number of aliphatic imine (C=N–C) groups is 1. The Hall–Kier alpha value is -3.07. The lowest BCUT2D eigenvalue weighted by Crippen LogP contribution is -2.39. The van der Waals surface area contributed by atoms with E-state index in [1.54, 1.807) is 18.2 Å². The van der Waals surface area contributed by atoms with Crippen LogP contribution in [0.1, 0.15) is 31.4 Å². The normalized spacial score (nSPS) is 19.2. The maximum Gasteiger partial charge on any atom is 0.263 e. The summed E-state index contributed by atoms with van der Waals surface area (Å²) in [6.07, 6.45) is 0.709. The molecule has 0 bridgehead atoms. The number of amides is 1. The molecule has 0 radical (unpaired) electrons. The van der Waals surface area contributed by atoms with E-state index in [9.17, 15) is 13.2 Å². The molecule has 2 N–H and O–H groups in total. The van der Waals surface area contributed by atoms with E-state index in [4.69, 9.17) is 9.47 Å². The molecule has 8 nitrogen and oxygen atoms in total. The number of carbonyl (C=O) groups is 1. The van der Waals surface area contributed by atoms with Crippen molar-refractivity contribution in [3.8, 4) is 11.5 Å². The number of hydrogen-bond donors (Lipinski definition) is 2. The second kappa shape index (κ2) is 8.58. The molecule has 2 atom stereocenters. The van der Waals surface area contributed by atoms with Crippen molar-refractivity contribution in [2.75, 3.05) is 13.2 Å². The third-order valence-electron chi connectivity index (χ3n) is 5.48. The summed E-state index contributed by atoms with van der Waals surface area (Å²) in [7, 11) is -3.67. The van der Waals surface area contributed by atoms with Gasteiger partial charge in [-0.15, -0.1) is 0 Å². The molecule has 0 spiro atoms. The van der Waals surface area contributed by atoms with Crippen LogP contribution < -0.4 is 19.5 Å². The van der Waals surface area contributed by atoms with E-state index >= 15 is 0 Å². The highest BCUT2D eigenvalue weighted by Gasteiger charge is 2.33. The number of nitrogens with zero attached hydrogens (tertiary/aromatic N) is 1. The Morgan fingerprint density at radius 2 is 1.94 bits per heavy atom. The Bertz CT molecular complexity index is 1130. The number of carbonyl (C=O) groups excluding carboxylic acids is 1. The van der Waals surface area contributed by atoms with Gasteiger partial charge in [0.2, 0.25) is 5.91 Å². The highest BCUT2D eigenvalue weighted by atomic mass is 32.2. The van der Waals surface area contributed by atoms with Gasteiger partial charge in [0.15, 0.2) is 11.5 Å². The molecule has 0 aromatic heterocycles. The molecule has 2 aromatic carbocycles. The number of rotatable bonds is 6. The minimum absolute atomic E-state index is 0.0889. The van der Waals surface area contributed by atoms with Gasteiger partial charge in [0.1, 0.15) is 25.1 Å². The van der Waals surface area contributed by atoms with Gasteiger partial charge in [-0.3, -0.25) is 14.5 Å². The van der Waals surface area contributed by atoms with Gasteiger partial charge in [0, 0.05) is 17.7 Å². The first-order valence-electron chi connectivity index (χ1n) is 10.3. The van der Waals surface area contributed by atoms with Crippen LogP contribution in [0.5, 0.6) is 11.5 Å². The van der Waals surface area contributed by atoms with E-state index in [0.717, 1.165) is 5.56 Å². The Kier molecular flexibility index (Phi) is 5.86. The van der Waals surface area contributed by atoms with Gasteiger partial charge in [-0.1, -0.05) is 44.5 Å². The van der Waals surface area contributed by atoms with Crippen LogP contribution in [0.25, 0.3) is 0 Å². The zero-order valence-electron chi connectivity index (χ0n) is 17.4. The standard InChI is InChI=1S/C22H25N3O5S/c1-3-14(2)19(24-21-16-8-4-5-10-18(16)31(27,28)25-21)22(26)23-13-15-7-6-9-17-20(15)30-12-11-29-17/h4-10,14,19H,3,11-13H2,1-2H3,(H,23,26)(H,24,25)/t14-,19-/m0/s1. The fourth-order valence-electron chi connectivity index (χ4n) is 3.60. The van der Waals surface area contributed by atoms with Crippen molar-refractivity contribution in [2.45, 2.75) is 37.8 Å². The predicted molar refractivity (Wildman–Crippen MR) is 116 cm³/mol. The molecule has 2 aliphatic rings. The summed E-state index contributed by atoms with van der Waals surface area (Å²) in [5.74, 6) is 1.13. The number of fused-ring (bicyclic) bond motifs is 2. The van der Waals surface area contributed by atoms with Crippen molar-refractivity contribution in [3.63, 3.8) is 0 Å². The summed E-state index contributed by atoms with van der Waals surface area (Å²) in [4.78, 5) is 17.8. The predicted octanol–water partition coefficient (Wildman–Crippen LogP) is 2.23. The quantitative estimate of drug-likeness (QED) is 0.712. The fraction of sp³-hybridized carbons (Fsp3) is 0.364. The zero-order valence-corrected chi connectivity index (χ0v) is 18.2. The number of para-hydroxylation sites is 1. The lowest BCUT2D eigenvalue weighted by molar-refractivity contribution is -0.123. The van der Waals surface area contributed by atoms with Gasteiger partial charge >= 0.3 is 0 Å².